The van der Waals surface area contributed by atoms with Crippen LogP contribution in [0.3, 0.4) is 0 Å². The molecule has 4 aromatic rings. The zero-order valence-corrected chi connectivity index (χ0v) is 33.2. The molecule has 0 amide bonds. The second kappa shape index (κ2) is 17.8. The van der Waals surface area contributed by atoms with Crippen LogP contribution in [0.4, 0.5) is 51.2 Å². The van der Waals surface area contributed by atoms with Crippen LogP contribution in [0.15, 0.2) is 97.0 Å². The van der Waals surface area contributed by atoms with E-state index in [-0.39, 0.29) is 128 Å². The van der Waals surface area contributed by atoms with Gasteiger partial charge in [-0.05, 0) is 54.6 Å². The predicted octanol–water partition coefficient (Wildman–Crippen LogP) is -5.07. The van der Waals surface area contributed by atoms with Crippen molar-refractivity contribution in [3.05, 3.63) is 82.4 Å². The molecule has 0 saturated carbocycles. The van der Waals surface area contributed by atoms with Gasteiger partial charge < -0.3 is 36.1 Å². The average molecular weight is 739 g/mol. The van der Waals surface area contributed by atoms with Gasteiger partial charge in [-0.3, -0.25) is 10.1 Å². The number of nitrogens with one attached hydrogen (secondary N) is 1. The summed E-state index contributed by atoms with van der Waals surface area (Å²) in [5.74, 6) is -3.01. The minimum absolute atomic E-state index is 0. The molecule has 0 spiro atoms. The van der Waals surface area contributed by atoms with E-state index in [1.807, 2.05) is 0 Å². The van der Waals surface area contributed by atoms with Gasteiger partial charge in [0.25, 0.3) is 5.69 Å². The van der Waals surface area contributed by atoms with Crippen LogP contribution in [-0.2, 0) is 20.2 Å². The molecule has 0 heterocycles. The van der Waals surface area contributed by atoms with Crippen LogP contribution >= 0.6 is 0 Å². The summed E-state index contributed by atoms with van der Waals surface area (Å²) in [5, 5.41) is 50.6. The number of rotatable bonds is 10. The largest absolute Gasteiger partial charge is 1.00 e. The van der Waals surface area contributed by atoms with Crippen LogP contribution < -0.4 is 111 Å². The molecule has 0 unspecified atom stereocenters. The molecule has 0 radical (unpaired) electrons. The second-order valence-corrected chi connectivity index (χ2v) is 11.7. The Balaban J connectivity index is 0.00000400. The quantitative estimate of drug-likeness (QED) is 0.0296. The van der Waals surface area contributed by atoms with Crippen LogP contribution in [0.5, 0.6) is 5.75 Å². The fourth-order valence-electron chi connectivity index (χ4n) is 3.67. The SMILES string of the molecule is Nc1cc(N)c(N=Nc2cc(S(=O)(=O)[O-])cc(C(=O)O)c2[O-])cc1N=Nc1ccc(Nc2ccc([N+](=O)[O-])cc2S(=O)(=O)[O-])cc1.[Na+].[Na+].[Na+]. The summed E-state index contributed by atoms with van der Waals surface area (Å²) in [6, 6.07) is 11.9. The molecule has 0 bridgehead atoms. The van der Waals surface area contributed by atoms with Gasteiger partial charge in [-0.15, -0.1) is 10.2 Å². The van der Waals surface area contributed by atoms with Crippen LogP contribution in [-0.4, -0.2) is 41.9 Å². The Morgan fingerprint density at radius 1 is 0.755 bits per heavy atom. The summed E-state index contributed by atoms with van der Waals surface area (Å²) in [6.45, 7) is 0. The maximum atomic E-state index is 12.4. The second-order valence-electron chi connectivity index (χ2n) is 9.01. The van der Waals surface area contributed by atoms with Gasteiger partial charge in [-0.2, -0.15) is 10.2 Å². The fourth-order valence-corrected chi connectivity index (χ4v) is 4.84. The number of nitrogen functional groups attached to an aromatic ring is 2. The van der Waals surface area contributed by atoms with Crippen molar-refractivity contribution in [2.24, 2.45) is 20.5 Å². The topological polar surface area (TPSA) is 331 Å². The van der Waals surface area contributed by atoms with Gasteiger partial charge in [0.1, 0.15) is 31.6 Å². The van der Waals surface area contributed by atoms with Gasteiger partial charge in [0.2, 0.25) is 0 Å². The zero-order valence-electron chi connectivity index (χ0n) is 25.6. The number of nitro benzene ring substituents is 1. The van der Waals surface area contributed by atoms with Gasteiger partial charge in [-0.25, -0.2) is 21.6 Å². The smallest absolute Gasteiger partial charge is 0.870 e. The Hall–Kier alpha value is -3.03. The summed E-state index contributed by atoms with van der Waals surface area (Å²) >= 11 is 0. The zero-order chi connectivity index (χ0) is 34.0. The molecule has 0 aliphatic heterocycles. The van der Waals surface area contributed by atoms with E-state index in [1.165, 1.54) is 36.4 Å². The van der Waals surface area contributed by atoms with Gasteiger partial charge in [0, 0.05) is 17.8 Å². The minimum atomic E-state index is -5.15. The summed E-state index contributed by atoms with van der Waals surface area (Å²) < 4.78 is 69.2. The normalized spacial score (nSPS) is 11.3. The summed E-state index contributed by atoms with van der Waals surface area (Å²) in [4.78, 5) is 19.6. The van der Waals surface area contributed by atoms with E-state index in [0.29, 0.717) is 18.2 Å². The predicted molar refractivity (Wildman–Crippen MR) is 155 cm³/mol. The molecular formula is C25H17N8Na3O11S2. The number of hydrogen-bond donors (Lipinski definition) is 4. The Morgan fingerprint density at radius 3 is 1.82 bits per heavy atom. The number of benzene rings is 4. The van der Waals surface area contributed by atoms with E-state index in [4.69, 9.17) is 11.5 Å². The van der Waals surface area contributed by atoms with Crippen molar-refractivity contribution in [2.75, 3.05) is 16.8 Å². The van der Waals surface area contributed by atoms with Gasteiger partial charge in [0.15, 0.2) is 0 Å². The van der Waals surface area contributed by atoms with Crippen molar-refractivity contribution in [2.45, 2.75) is 9.79 Å². The fraction of sp³-hybridized carbons (Fsp3) is 0. The van der Waals surface area contributed by atoms with Crippen LogP contribution in [0.2, 0.25) is 0 Å². The molecule has 0 saturated heterocycles. The summed E-state index contributed by atoms with van der Waals surface area (Å²) in [6.07, 6.45) is 0. The summed E-state index contributed by atoms with van der Waals surface area (Å²) in [7, 11) is -10.2. The molecule has 0 aliphatic rings. The monoisotopic (exact) mass is 738 g/mol. The number of azo groups is 2. The third kappa shape index (κ3) is 11.2. The van der Waals surface area contributed by atoms with E-state index in [1.54, 1.807) is 0 Å². The number of aromatic carboxylic acids is 1. The molecule has 238 valence electrons. The van der Waals surface area contributed by atoms with Crippen molar-refractivity contribution < 1.29 is 135 Å². The number of anilines is 4. The number of carboxylic acids is 1. The van der Waals surface area contributed by atoms with Gasteiger partial charge in [-0.1, -0.05) is 5.75 Å². The molecule has 4 aromatic carbocycles. The van der Waals surface area contributed by atoms with Crippen molar-refractivity contribution in [1.82, 2.24) is 0 Å². The number of hydrogen-bond acceptors (Lipinski definition) is 17. The molecule has 0 aliphatic carbocycles. The van der Waals surface area contributed by atoms with Crippen molar-refractivity contribution in [3.8, 4) is 5.75 Å². The van der Waals surface area contributed by atoms with Gasteiger partial charge in [0.05, 0.1) is 48.7 Å². The van der Waals surface area contributed by atoms with E-state index >= 15 is 0 Å². The molecule has 19 nitrogen and oxygen atoms in total. The maximum absolute atomic E-state index is 12.4. The molecule has 6 N–H and O–H groups in total. The standard InChI is InChI=1S/C25H20N8O11S2.3Na/c26-17-10-18(27)21(31-32-22-9-15(45(39,40)41)8-16(24(22)34)25(35)36)11-20(17)30-29-13-3-1-12(2-4-13)28-19-6-5-14(33(37)38)7-23(19)46(42,43)44;;;/h1-11,28,34H,26-27H2,(H,35,36)(H,39,40,41)(H,42,43,44);;;/q;3*+1/p-3. The van der Waals surface area contributed by atoms with E-state index in [0.717, 1.165) is 12.1 Å². The van der Waals surface area contributed by atoms with E-state index in [9.17, 15) is 51.1 Å². The molecular weight excluding hydrogens is 721 g/mol. The van der Waals surface area contributed by atoms with E-state index < -0.39 is 63.6 Å². The minimum Gasteiger partial charge on any atom is -0.870 e. The first kappa shape index (κ1) is 44.0. The molecule has 0 atom stereocenters. The summed E-state index contributed by atoms with van der Waals surface area (Å²) in [5.41, 5.74) is 9.63. The molecule has 0 fully saturated rings. The Kier molecular flexibility index (Phi) is 15.9. The molecule has 49 heavy (non-hydrogen) atoms. The average Bonchev–Trinajstić information content (AvgIpc) is 2.96. The molecule has 24 heteroatoms. The third-order valence-electron chi connectivity index (χ3n) is 5.87. The Morgan fingerprint density at radius 2 is 1.31 bits per heavy atom. The number of nitrogens with two attached hydrogens (primary N) is 2. The van der Waals surface area contributed by atoms with Crippen LogP contribution in [0.1, 0.15) is 10.4 Å². The first-order valence-corrected chi connectivity index (χ1v) is 14.9. The Bertz CT molecular complexity index is 2190. The van der Waals surface area contributed by atoms with Crippen LogP contribution in [0.25, 0.3) is 0 Å². The van der Waals surface area contributed by atoms with Crippen molar-refractivity contribution in [1.29, 1.82) is 0 Å². The molecule has 0 aromatic heterocycles. The molecule has 4 rings (SSSR count). The number of carboxylic acid groups (broad SMARTS) is 1. The van der Waals surface area contributed by atoms with E-state index in [2.05, 4.69) is 25.8 Å². The first-order valence-electron chi connectivity index (χ1n) is 12.1. The number of nitrogens with zero attached hydrogens (tertiary/aromatic N) is 5. The number of nitro groups is 1. The first-order chi connectivity index (χ1) is 21.4. The van der Waals surface area contributed by atoms with Crippen molar-refractivity contribution >= 4 is 77.4 Å². The van der Waals surface area contributed by atoms with Crippen molar-refractivity contribution in [3.63, 3.8) is 0 Å². The van der Waals surface area contributed by atoms with Gasteiger partial charge >= 0.3 is 94.6 Å². The Labute approximate surface area is 343 Å². The third-order valence-corrected chi connectivity index (χ3v) is 7.56. The number of carbonyl (C=O) groups is 1. The van der Waals surface area contributed by atoms with Crippen LogP contribution in [0, 0.1) is 10.1 Å². The number of non-ortho nitro benzene ring substituents is 1. The maximum Gasteiger partial charge on any atom is 1.00 e.